The summed E-state index contributed by atoms with van der Waals surface area (Å²) >= 11 is 17.7. The standard InChI is InChI=1S/C15H10Cl3N5O2/c16-8-5-10(18)12(6-9(8)17)25-7-13(24)20-15-21-14(22-23-15)11-3-1-2-4-19-11/h1-6H,7H2,(H2,20,21,22,23,24). The number of amides is 1. The van der Waals surface area contributed by atoms with E-state index >= 15 is 0 Å². The number of aromatic nitrogens is 4. The van der Waals surface area contributed by atoms with Crippen molar-refractivity contribution < 1.29 is 9.53 Å². The molecule has 0 fully saturated rings. The molecule has 0 saturated heterocycles. The van der Waals surface area contributed by atoms with Gasteiger partial charge >= 0.3 is 0 Å². The minimum atomic E-state index is -0.464. The number of H-pyrrole nitrogens is 1. The molecule has 0 bridgehead atoms. The Balaban J connectivity index is 1.60. The van der Waals surface area contributed by atoms with Crippen molar-refractivity contribution in [2.45, 2.75) is 0 Å². The van der Waals surface area contributed by atoms with Crippen LogP contribution in [0.2, 0.25) is 15.1 Å². The summed E-state index contributed by atoms with van der Waals surface area (Å²) in [6.45, 7) is -0.300. The first-order valence-corrected chi connectivity index (χ1v) is 8.07. The molecule has 0 spiro atoms. The number of nitrogens with zero attached hydrogens (tertiary/aromatic N) is 3. The zero-order chi connectivity index (χ0) is 17.8. The lowest BCUT2D eigenvalue weighted by Crippen LogP contribution is -2.21. The fraction of sp³-hybridized carbons (Fsp3) is 0.0667. The van der Waals surface area contributed by atoms with Crippen LogP contribution in [0.4, 0.5) is 5.95 Å². The number of nitrogens with one attached hydrogen (secondary N) is 2. The van der Waals surface area contributed by atoms with Crippen LogP contribution in [0.25, 0.3) is 11.5 Å². The number of carbonyl (C=O) groups is 1. The highest BCUT2D eigenvalue weighted by Crippen LogP contribution is 2.33. The van der Waals surface area contributed by atoms with Gasteiger partial charge < -0.3 is 4.74 Å². The molecule has 0 radical (unpaired) electrons. The summed E-state index contributed by atoms with van der Waals surface area (Å²) in [5.74, 6) is 0.322. The average molecular weight is 399 g/mol. The van der Waals surface area contributed by atoms with E-state index in [0.29, 0.717) is 16.5 Å². The summed E-state index contributed by atoms with van der Waals surface area (Å²) in [5.41, 5.74) is 0.606. The van der Waals surface area contributed by atoms with E-state index in [-0.39, 0.29) is 28.3 Å². The quantitative estimate of drug-likeness (QED) is 0.637. The molecule has 3 rings (SSSR count). The van der Waals surface area contributed by atoms with Crippen LogP contribution in [0.1, 0.15) is 0 Å². The highest BCUT2D eigenvalue weighted by atomic mass is 35.5. The van der Waals surface area contributed by atoms with E-state index in [1.54, 1.807) is 18.3 Å². The van der Waals surface area contributed by atoms with Gasteiger partial charge in [0, 0.05) is 12.3 Å². The van der Waals surface area contributed by atoms with E-state index in [0.717, 1.165) is 0 Å². The third-order valence-electron chi connectivity index (χ3n) is 2.98. The second-order valence-electron chi connectivity index (χ2n) is 4.76. The highest BCUT2D eigenvalue weighted by Gasteiger charge is 2.12. The molecule has 10 heteroatoms. The zero-order valence-electron chi connectivity index (χ0n) is 12.5. The summed E-state index contributed by atoms with van der Waals surface area (Å²) < 4.78 is 5.33. The van der Waals surface area contributed by atoms with E-state index in [1.807, 2.05) is 6.07 Å². The number of benzene rings is 1. The van der Waals surface area contributed by atoms with E-state index < -0.39 is 5.91 Å². The van der Waals surface area contributed by atoms with Crippen molar-refractivity contribution in [3.8, 4) is 17.3 Å². The van der Waals surface area contributed by atoms with Crippen LogP contribution in [-0.4, -0.2) is 32.7 Å². The fourth-order valence-electron chi connectivity index (χ4n) is 1.85. The summed E-state index contributed by atoms with van der Waals surface area (Å²) in [5, 5.41) is 9.91. The number of aromatic amines is 1. The molecular weight excluding hydrogens is 389 g/mol. The van der Waals surface area contributed by atoms with Crippen molar-refractivity contribution in [2.24, 2.45) is 0 Å². The fourth-order valence-corrected chi connectivity index (χ4v) is 2.45. The first kappa shape index (κ1) is 17.5. The van der Waals surface area contributed by atoms with Crippen LogP contribution < -0.4 is 10.1 Å². The molecule has 1 aromatic carbocycles. The molecule has 3 aromatic rings. The summed E-state index contributed by atoms with van der Waals surface area (Å²) in [7, 11) is 0. The first-order valence-electron chi connectivity index (χ1n) is 6.94. The monoisotopic (exact) mass is 397 g/mol. The third-order valence-corrected chi connectivity index (χ3v) is 4.00. The predicted octanol–water partition coefficient (Wildman–Crippen LogP) is 3.84. The lowest BCUT2D eigenvalue weighted by atomic mass is 10.3. The molecule has 128 valence electrons. The SMILES string of the molecule is O=C(COc1cc(Cl)c(Cl)cc1Cl)Nc1n[nH]c(-c2ccccn2)n1. The molecule has 0 aliphatic rings. The third kappa shape index (κ3) is 4.39. The number of carbonyl (C=O) groups excluding carboxylic acids is 1. The van der Waals surface area contributed by atoms with Gasteiger partial charge in [0.2, 0.25) is 5.95 Å². The molecule has 2 aromatic heterocycles. The van der Waals surface area contributed by atoms with Gasteiger partial charge in [-0.15, -0.1) is 5.10 Å². The maximum absolute atomic E-state index is 11.9. The van der Waals surface area contributed by atoms with Gasteiger partial charge in [-0.2, -0.15) is 4.98 Å². The van der Waals surface area contributed by atoms with Gasteiger partial charge in [0.25, 0.3) is 5.91 Å². The molecule has 0 aliphatic heterocycles. The molecule has 0 unspecified atom stereocenters. The maximum Gasteiger partial charge on any atom is 0.264 e. The normalized spacial score (nSPS) is 10.5. The Hall–Kier alpha value is -2.35. The van der Waals surface area contributed by atoms with Gasteiger partial charge in [-0.1, -0.05) is 40.9 Å². The highest BCUT2D eigenvalue weighted by molar-refractivity contribution is 6.43. The maximum atomic E-state index is 11.9. The van der Waals surface area contributed by atoms with Crippen molar-refractivity contribution >= 4 is 46.7 Å². The first-order chi connectivity index (χ1) is 12.0. The lowest BCUT2D eigenvalue weighted by Gasteiger charge is -2.08. The summed E-state index contributed by atoms with van der Waals surface area (Å²) in [6, 6.07) is 8.24. The number of halogens is 3. The second kappa shape index (κ2) is 7.69. The van der Waals surface area contributed by atoms with E-state index in [9.17, 15) is 4.79 Å². The largest absolute Gasteiger partial charge is 0.482 e. The molecule has 2 heterocycles. The van der Waals surface area contributed by atoms with Gasteiger partial charge in [0.05, 0.1) is 15.1 Å². The minimum absolute atomic E-state index is 0.106. The van der Waals surface area contributed by atoms with Gasteiger partial charge in [-0.25, -0.2) is 0 Å². The molecular formula is C15H10Cl3N5O2. The van der Waals surface area contributed by atoms with Gasteiger partial charge in [-0.3, -0.25) is 20.2 Å². The predicted molar refractivity (Wildman–Crippen MR) is 95.2 cm³/mol. The molecule has 25 heavy (non-hydrogen) atoms. The van der Waals surface area contributed by atoms with Crippen molar-refractivity contribution in [3.05, 3.63) is 51.6 Å². The Labute approximate surface area is 157 Å². The number of hydrogen-bond donors (Lipinski definition) is 2. The Morgan fingerprint density at radius 3 is 2.72 bits per heavy atom. The van der Waals surface area contributed by atoms with E-state index in [4.69, 9.17) is 39.5 Å². The zero-order valence-corrected chi connectivity index (χ0v) is 14.7. The smallest absolute Gasteiger partial charge is 0.264 e. The van der Waals surface area contributed by atoms with Crippen LogP contribution in [-0.2, 0) is 4.79 Å². The summed E-state index contributed by atoms with van der Waals surface area (Å²) in [6.07, 6.45) is 1.63. The van der Waals surface area contributed by atoms with Crippen molar-refractivity contribution in [1.29, 1.82) is 0 Å². The Bertz CT molecular complexity index is 901. The molecule has 7 nitrogen and oxygen atoms in total. The number of anilines is 1. The molecule has 0 aliphatic carbocycles. The van der Waals surface area contributed by atoms with Crippen LogP contribution in [0.3, 0.4) is 0 Å². The number of hydrogen-bond acceptors (Lipinski definition) is 5. The molecule has 1 amide bonds. The van der Waals surface area contributed by atoms with Crippen molar-refractivity contribution in [2.75, 3.05) is 11.9 Å². The van der Waals surface area contributed by atoms with E-state index in [1.165, 1.54) is 12.1 Å². The second-order valence-corrected chi connectivity index (χ2v) is 5.98. The molecule has 2 N–H and O–H groups in total. The number of rotatable bonds is 5. The Morgan fingerprint density at radius 1 is 1.16 bits per heavy atom. The van der Waals surface area contributed by atoms with Crippen LogP contribution in [0, 0.1) is 0 Å². The minimum Gasteiger partial charge on any atom is -0.482 e. The lowest BCUT2D eigenvalue weighted by molar-refractivity contribution is -0.118. The Kier molecular flexibility index (Phi) is 5.37. The molecule has 0 saturated carbocycles. The van der Waals surface area contributed by atoms with Crippen LogP contribution >= 0.6 is 34.8 Å². The van der Waals surface area contributed by atoms with Gasteiger partial charge in [0.1, 0.15) is 11.4 Å². The Morgan fingerprint density at radius 2 is 1.96 bits per heavy atom. The van der Waals surface area contributed by atoms with Crippen molar-refractivity contribution in [3.63, 3.8) is 0 Å². The van der Waals surface area contributed by atoms with Crippen molar-refractivity contribution in [1.82, 2.24) is 20.2 Å². The van der Waals surface area contributed by atoms with Crippen LogP contribution in [0.15, 0.2) is 36.5 Å². The number of pyridine rings is 1. The average Bonchev–Trinajstić information content (AvgIpc) is 3.06. The van der Waals surface area contributed by atoms with Gasteiger partial charge in [0.15, 0.2) is 12.4 Å². The van der Waals surface area contributed by atoms with Crippen LogP contribution in [0.5, 0.6) is 5.75 Å². The topological polar surface area (TPSA) is 92.8 Å². The van der Waals surface area contributed by atoms with E-state index in [2.05, 4.69) is 25.5 Å². The van der Waals surface area contributed by atoms with Gasteiger partial charge in [-0.05, 0) is 18.2 Å². The number of ether oxygens (including phenoxy) is 1. The summed E-state index contributed by atoms with van der Waals surface area (Å²) in [4.78, 5) is 20.2. The molecule has 0 atom stereocenters.